The number of halogens is 1. The Morgan fingerprint density at radius 1 is 1.09 bits per heavy atom. The first-order valence-electron chi connectivity index (χ1n) is 8.15. The lowest BCUT2D eigenvalue weighted by molar-refractivity contribution is 0.0557. The van der Waals surface area contributed by atoms with Crippen LogP contribution in [0.4, 0.5) is 0 Å². The first-order valence-corrected chi connectivity index (χ1v) is 8.53. The highest BCUT2D eigenvalue weighted by molar-refractivity contribution is 6.30. The van der Waals surface area contributed by atoms with Crippen LogP contribution in [0.15, 0.2) is 6.20 Å². The van der Waals surface area contributed by atoms with Crippen LogP contribution in [0.1, 0.15) is 31.7 Å². The summed E-state index contributed by atoms with van der Waals surface area (Å²) in [4.78, 5) is 8.79. The molecular formula is C16H24ClN3O2. The maximum Gasteiger partial charge on any atom is 0.181 e. The Balaban J connectivity index is 1.73. The Labute approximate surface area is 137 Å². The largest absolute Gasteiger partial charge is 0.474 e. The molecule has 1 aromatic heterocycles. The van der Waals surface area contributed by atoms with E-state index in [1.54, 1.807) is 6.20 Å². The molecule has 2 aliphatic rings. The monoisotopic (exact) mass is 325 g/mol. The van der Waals surface area contributed by atoms with Crippen molar-refractivity contribution >= 4 is 11.6 Å². The van der Waals surface area contributed by atoms with Gasteiger partial charge in [-0.3, -0.25) is 9.80 Å². The van der Waals surface area contributed by atoms with Crippen molar-refractivity contribution < 1.29 is 9.47 Å². The molecule has 0 radical (unpaired) electrons. The molecule has 0 spiro atoms. The predicted octanol–water partition coefficient (Wildman–Crippen LogP) is 2.77. The zero-order valence-electron chi connectivity index (χ0n) is 13.2. The molecule has 2 aliphatic heterocycles. The van der Waals surface area contributed by atoms with E-state index in [0.717, 1.165) is 50.3 Å². The number of hydrogen-bond acceptors (Lipinski definition) is 5. The first kappa shape index (κ1) is 15.8. The van der Waals surface area contributed by atoms with Crippen LogP contribution in [0.3, 0.4) is 0 Å². The van der Waals surface area contributed by atoms with E-state index in [2.05, 4.69) is 21.7 Å². The zero-order chi connectivity index (χ0) is 15.4. The minimum atomic E-state index is 0.525. The number of aromatic nitrogens is 1. The van der Waals surface area contributed by atoms with Gasteiger partial charge in [-0.25, -0.2) is 4.98 Å². The zero-order valence-corrected chi connectivity index (χ0v) is 13.9. The second kappa shape index (κ2) is 7.49. The van der Waals surface area contributed by atoms with E-state index in [-0.39, 0.29) is 0 Å². The second-order valence-electron chi connectivity index (χ2n) is 5.96. The predicted molar refractivity (Wildman–Crippen MR) is 86.6 cm³/mol. The van der Waals surface area contributed by atoms with Crippen molar-refractivity contribution in [3.63, 3.8) is 0 Å². The molecule has 2 fully saturated rings. The summed E-state index contributed by atoms with van der Waals surface area (Å²) in [5.74, 6) is 1.48. The Bertz CT molecular complexity index is 504. The number of nitrogens with zero attached hydrogens (tertiary/aromatic N) is 3. The molecule has 0 saturated carbocycles. The van der Waals surface area contributed by atoms with Crippen molar-refractivity contribution in [2.75, 3.05) is 39.6 Å². The summed E-state index contributed by atoms with van der Waals surface area (Å²) in [6, 6.07) is 0. The fourth-order valence-electron chi connectivity index (χ4n) is 2.56. The van der Waals surface area contributed by atoms with Gasteiger partial charge in [-0.05, 0) is 19.3 Å². The molecule has 2 saturated heterocycles. The molecule has 6 heteroatoms. The molecule has 122 valence electrons. The quantitative estimate of drug-likeness (QED) is 0.687. The third-order valence-corrected chi connectivity index (χ3v) is 4.56. The van der Waals surface area contributed by atoms with E-state index in [0.29, 0.717) is 24.4 Å². The van der Waals surface area contributed by atoms with Crippen LogP contribution < -0.4 is 9.47 Å². The summed E-state index contributed by atoms with van der Waals surface area (Å²) >= 11 is 6.27. The molecule has 0 aromatic carbocycles. The van der Waals surface area contributed by atoms with Crippen LogP contribution in [-0.4, -0.2) is 54.4 Å². The summed E-state index contributed by atoms with van der Waals surface area (Å²) in [7, 11) is 0. The van der Waals surface area contributed by atoms with Crippen LogP contribution in [0.5, 0.6) is 11.5 Å². The summed E-state index contributed by atoms with van der Waals surface area (Å²) in [6.45, 7) is 7.73. The number of hydrogen-bond donors (Lipinski definition) is 0. The van der Waals surface area contributed by atoms with Gasteiger partial charge in [0.15, 0.2) is 11.5 Å². The molecular weight excluding hydrogens is 302 g/mol. The molecule has 0 bridgehead atoms. The van der Waals surface area contributed by atoms with E-state index >= 15 is 0 Å². The highest BCUT2D eigenvalue weighted by atomic mass is 35.5. The van der Waals surface area contributed by atoms with Crippen molar-refractivity contribution in [3.05, 3.63) is 16.9 Å². The van der Waals surface area contributed by atoms with Crippen LogP contribution in [0.25, 0.3) is 0 Å². The van der Waals surface area contributed by atoms with E-state index in [4.69, 9.17) is 21.1 Å². The molecule has 1 aromatic rings. The highest BCUT2D eigenvalue weighted by Crippen LogP contribution is 2.36. The number of likely N-dealkylation sites (tertiary alicyclic amines) is 2. The molecule has 0 aliphatic carbocycles. The van der Waals surface area contributed by atoms with Crippen molar-refractivity contribution in [1.82, 2.24) is 14.8 Å². The van der Waals surface area contributed by atoms with Gasteiger partial charge in [0.05, 0.1) is 6.20 Å². The molecule has 0 unspecified atom stereocenters. The fraction of sp³-hybridized carbons (Fsp3) is 0.688. The second-order valence-corrected chi connectivity index (χ2v) is 6.32. The standard InChI is InChI=1S/C16H24ClN3O2/c1-2-5-13-15(22-12-20-8-4-9-20)14(10-18-16(13)17)21-11-19-6-3-7-19/h10H,2-9,11-12H2,1H3. The van der Waals surface area contributed by atoms with Gasteiger partial charge in [0, 0.05) is 31.7 Å². The molecule has 0 atom stereocenters. The van der Waals surface area contributed by atoms with Gasteiger partial charge in [-0.15, -0.1) is 0 Å². The van der Waals surface area contributed by atoms with Crippen LogP contribution >= 0.6 is 11.6 Å². The average molecular weight is 326 g/mol. The molecule has 0 amide bonds. The van der Waals surface area contributed by atoms with Crippen molar-refractivity contribution in [2.24, 2.45) is 0 Å². The summed E-state index contributed by atoms with van der Waals surface area (Å²) in [5.41, 5.74) is 0.964. The van der Waals surface area contributed by atoms with E-state index < -0.39 is 0 Å². The number of rotatable bonds is 8. The van der Waals surface area contributed by atoms with E-state index in [1.807, 2.05) is 0 Å². The Kier molecular flexibility index (Phi) is 5.39. The highest BCUT2D eigenvalue weighted by Gasteiger charge is 2.21. The molecule has 3 rings (SSSR count). The van der Waals surface area contributed by atoms with E-state index in [1.165, 1.54) is 12.8 Å². The Morgan fingerprint density at radius 2 is 1.73 bits per heavy atom. The van der Waals surface area contributed by atoms with Gasteiger partial charge in [0.25, 0.3) is 0 Å². The lowest BCUT2D eigenvalue weighted by atomic mass is 10.1. The Morgan fingerprint density at radius 3 is 2.27 bits per heavy atom. The van der Waals surface area contributed by atoms with Gasteiger partial charge in [-0.2, -0.15) is 0 Å². The maximum atomic E-state index is 6.27. The summed E-state index contributed by atoms with van der Waals surface area (Å²) in [6.07, 6.45) is 6.04. The van der Waals surface area contributed by atoms with Crippen molar-refractivity contribution in [2.45, 2.75) is 32.6 Å². The summed E-state index contributed by atoms with van der Waals surface area (Å²) < 4.78 is 12.0. The van der Waals surface area contributed by atoms with Crippen molar-refractivity contribution in [1.29, 1.82) is 0 Å². The van der Waals surface area contributed by atoms with Gasteiger partial charge >= 0.3 is 0 Å². The molecule has 3 heterocycles. The van der Waals surface area contributed by atoms with Crippen LogP contribution in [0.2, 0.25) is 5.15 Å². The number of pyridine rings is 1. The molecule has 5 nitrogen and oxygen atoms in total. The minimum Gasteiger partial charge on any atom is -0.474 e. The van der Waals surface area contributed by atoms with Gasteiger partial charge in [0.1, 0.15) is 18.6 Å². The smallest absolute Gasteiger partial charge is 0.181 e. The molecule has 0 N–H and O–H groups in total. The Hall–Kier alpha value is -1.04. The lowest BCUT2D eigenvalue weighted by Crippen LogP contribution is -2.40. The maximum absolute atomic E-state index is 6.27. The van der Waals surface area contributed by atoms with Crippen LogP contribution in [0, 0.1) is 0 Å². The third-order valence-electron chi connectivity index (χ3n) is 4.23. The van der Waals surface area contributed by atoms with Crippen molar-refractivity contribution in [3.8, 4) is 11.5 Å². The summed E-state index contributed by atoms with van der Waals surface area (Å²) in [5, 5.41) is 0.525. The van der Waals surface area contributed by atoms with Gasteiger partial charge in [-0.1, -0.05) is 24.9 Å². The lowest BCUT2D eigenvalue weighted by Gasteiger charge is -2.32. The van der Waals surface area contributed by atoms with E-state index in [9.17, 15) is 0 Å². The average Bonchev–Trinajstić information content (AvgIpc) is 2.41. The molecule has 22 heavy (non-hydrogen) atoms. The van der Waals surface area contributed by atoms with Gasteiger partial charge < -0.3 is 9.47 Å². The third kappa shape index (κ3) is 3.65. The topological polar surface area (TPSA) is 37.8 Å². The first-order chi connectivity index (χ1) is 10.8. The fourth-order valence-corrected chi connectivity index (χ4v) is 2.79. The number of ether oxygens (including phenoxy) is 2. The van der Waals surface area contributed by atoms with Crippen LogP contribution in [-0.2, 0) is 6.42 Å². The minimum absolute atomic E-state index is 0.525. The normalized spacial score (nSPS) is 18.6. The SMILES string of the molecule is CCCc1c(Cl)ncc(OCN2CCC2)c1OCN1CCC1. The van der Waals surface area contributed by atoms with Gasteiger partial charge in [0.2, 0.25) is 0 Å².